The van der Waals surface area contributed by atoms with E-state index in [1.807, 2.05) is 6.07 Å². The van der Waals surface area contributed by atoms with Gasteiger partial charge in [-0.05, 0) is 37.1 Å². The molecule has 30 heavy (non-hydrogen) atoms. The van der Waals surface area contributed by atoms with Crippen molar-refractivity contribution in [3.8, 4) is 5.75 Å². The number of H-pyrrole nitrogens is 1. The molecule has 7 heteroatoms. The highest BCUT2D eigenvalue weighted by Gasteiger charge is 2.17. The van der Waals surface area contributed by atoms with E-state index in [1.165, 1.54) is 16.2 Å². The number of unbranched alkanes of at least 4 members (excludes halogenated alkanes) is 1. The Bertz CT molecular complexity index is 1100. The largest absolute Gasteiger partial charge is 0.506 e. The molecule has 0 aliphatic carbocycles. The minimum Gasteiger partial charge on any atom is -0.506 e. The Morgan fingerprint density at radius 1 is 0.833 bits per heavy atom. The molecule has 4 rings (SSSR count). The van der Waals surface area contributed by atoms with Crippen LogP contribution in [0, 0.1) is 0 Å². The molecule has 0 amide bonds. The summed E-state index contributed by atoms with van der Waals surface area (Å²) in [4.78, 5) is 31.6. The van der Waals surface area contributed by atoms with E-state index in [9.17, 15) is 14.7 Å². The Morgan fingerprint density at radius 2 is 1.53 bits per heavy atom. The Hall–Kier alpha value is -2.90. The predicted molar refractivity (Wildman–Crippen MR) is 118 cm³/mol. The second kappa shape index (κ2) is 9.28. The zero-order valence-corrected chi connectivity index (χ0v) is 17.1. The molecule has 0 bridgehead atoms. The van der Waals surface area contributed by atoms with Crippen LogP contribution in [0.5, 0.6) is 5.75 Å². The van der Waals surface area contributed by atoms with Gasteiger partial charge in [0.1, 0.15) is 11.3 Å². The number of nitrogens with zero attached hydrogens (tertiary/aromatic N) is 3. The molecule has 0 unspecified atom stereocenters. The fourth-order valence-corrected chi connectivity index (χ4v) is 4.16. The van der Waals surface area contributed by atoms with E-state index in [0.29, 0.717) is 17.4 Å². The number of para-hydroxylation sites is 1. The smallest absolute Gasteiger partial charge is 0.328 e. The normalized spacial score (nSPS) is 15.6. The maximum absolute atomic E-state index is 12.3. The van der Waals surface area contributed by atoms with Crippen molar-refractivity contribution in [2.24, 2.45) is 0 Å². The van der Waals surface area contributed by atoms with Gasteiger partial charge >= 0.3 is 5.69 Å². The second-order valence-corrected chi connectivity index (χ2v) is 7.89. The van der Waals surface area contributed by atoms with Crippen molar-refractivity contribution in [3.05, 3.63) is 74.9 Å². The van der Waals surface area contributed by atoms with Crippen molar-refractivity contribution >= 4 is 10.9 Å². The first-order valence-electron chi connectivity index (χ1n) is 10.6. The number of hydrogen-bond donors (Lipinski definition) is 2. The number of rotatable bonds is 7. The van der Waals surface area contributed by atoms with Crippen molar-refractivity contribution in [1.29, 1.82) is 0 Å². The van der Waals surface area contributed by atoms with Crippen molar-refractivity contribution < 1.29 is 5.11 Å². The number of aromatic nitrogens is 2. The van der Waals surface area contributed by atoms with Crippen LogP contribution in [0.1, 0.15) is 18.4 Å². The number of hydrogen-bond acceptors (Lipinski definition) is 5. The highest BCUT2D eigenvalue weighted by molar-refractivity contribution is 5.83. The summed E-state index contributed by atoms with van der Waals surface area (Å²) in [5, 5.41) is 10.5. The van der Waals surface area contributed by atoms with Crippen LogP contribution in [-0.4, -0.2) is 57.2 Å². The van der Waals surface area contributed by atoms with Gasteiger partial charge in [0, 0.05) is 39.3 Å². The highest BCUT2D eigenvalue weighted by Crippen LogP contribution is 2.20. The molecular weight excluding hydrogens is 380 g/mol. The van der Waals surface area contributed by atoms with Gasteiger partial charge in [-0.1, -0.05) is 36.4 Å². The van der Waals surface area contributed by atoms with E-state index in [4.69, 9.17) is 0 Å². The molecule has 0 atom stereocenters. The van der Waals surface area contributed by atoms with E-state index in [2.05, 4.69) is 39.0 Å². The number of aryl methyl sites for hydroxylation is 1. The monoisotopic (exact) mass is 408 g/mol. The van der Waals surface area contributed by atoms with Crippen molar-refractivity contribution in [3.63, 3.8) is 0 Å². The molecule has 7 nitrogen and oxygen atoms in total. The first-order chi connectivity index (χ1) is 14.6. The highest BCUT2D eigenvalue weighted by atomic mass is 16.3. The Morgan fingerprint density at radius 3 is 2.30 bits per heavy atom. The summed E-state index contributed by atoms with van der Waals surface area (Å²) in [6.45, 7) is 6.68. The van der Waals surface area contributed by atoms with Gasteiger partial charge in [0.05, 0.1) is 5.39 Å². The van der Waals surface area contributed by atoms with Gasteiger partial charge < -0.3 is 10.0 Å². The number of phenols is 1. The lowest BCUT2D eigenvalue weighted by Gasteiger charge is -2.34. The topological polar surface area (TPSA) is 81.6 Å². The zero-order valence-electron chi connectivity index (χ0n) is 17.1. The first-order valence-corrected chi connectivity index (χ1v) is 10.6. The Labute approximate surface area is 175 Å². The van der Waals surface area contributed by atoms with Crippen LogP contribution in [0.4, 0.5) is 0 Å². The fraction of sp³-hybridized carbons (Fsp3) is 0.391. The molecule has 3 aromatic rings. The van der Waals surface area contributed by atoms with Crippen LogP contribution in [0.2, 0.25) is 0 Å². The molecular formula is C23H28N4O3. The van der Waals surface area contributed by atoms with Gasteiger partial charge in [0.25, 0.3) is 5.56 Å². The van der Waals surface area contributed by atoms with Gasteiger partial charge in [-0.2, -0.15) is 0 Å². The second-order valence-electron chi connectivity index (χ2n) is 7.89. The van der Waals surface area contributed by atoms with E-state index < -0.39 is 11.2 Å². The van der Waals surface area contributed by atoms with Gasteiger partial charge in [-0.3, -0.25) is 19.2 Å². The number of benzene rings is 2. The third kappa shape index (κ3) is 4.63. The molecule has 158 valence electrons. The number of phenolic OH excluding ortho intramolecular Hbond substituents is 1. The summed E-state index contributed by atoms with van der Waals surface area (Å²) < 4.78 is 1.48. The molecule has 0 spiro atoms. The lowest BCUT2D eigenvalue weighted by molar-refractivity contribution is 0.125. The maximum Gasteiger partial charge on any atom is 0.328 e. The van der Waals surface area contributed by atoms with Crippen LogP contribution < -0.4 is 11.2 Å². The predicted octanol–water partition coefficient (Wildman–Crippen LogP) is 1.99. The molecule has 1 aliphatic heterocycles. The van der Waals surface area contributed by atoms with Gasteiger partial charge in [0.2, 0.25) is 0 Å². The minimum atomic E-state index is -0.469. The molecule has 1 aliphatic rings. The molecule has 0 saturated carbocycles. The number of fused-ring (bicyclic) bond motifs is 1. The lowest BCUT2D eigenvalue weighted by atomic mass is 10.2. The standard InChI is InChI=1S/C23H28N4O3/c28-20-10-6-9-19-21(20)27(23(30)24-22(19)29)12-5-4-11-25-13-15-26(16-14-25)17-18-7-2-1-3-8-18/h1-3,6-10,28H,4-5,11-17H2,(H,24,29,30). The molecule has 1 saturated heterocycles. The number of aromatic hydroxyl groups is 1. The van der Waals surface area contributed by atoms with Crippen molar-refractivity contribution in [2.75, 3.05) is 32.7 Å². The van der Waals surface area contributed by atoms with Gasteiger partial charge in [0.15, 0.2) is 0 Å². The molecule has 1 aromatic heterocycles. The van der Waals surface area contributed by atoms with Gasteiger partial charge in [-0.25, -0.2) is 4.79 Å². The summed E-state index contributed by atoms with van der Waals surface area (Å²) in [6.07, 6.45) is 1.76. The third-order valence-corrected chi connectivity index (χ3v) is 5.81. The van der Waals surface area contributed by atoms with Gasteiger partial charge in [-0.15, -0.1) is 0 Å². The third-order valence-electron chi connectivity index (χ3n) is 5.81. The molecule has 2 aromatic carbocycles. The lowest BCUT2D eigenvalue weighted by Crippen LogP contribution is -2.46. The Kier molecular flexibility index (Phi) is 6.30. The molecule has 2 heterocycles. The molecule has 2 N–H and O–H groups in total. The van der Waals surface area contributed by atoms with E-state index in [1.54, 1.807) is 12.1 Å². The summed E-state index contributed by atoms with van der Waals surface area (Å²) in [5.41, 5.74) is 0.743. The average Bonchev–Trinajstić information content (AvgIpc) is 2.75. The minimum absolute atomic E-state index is 0.0368. The van der Waals surface area contributed by atoms with Crippen LogP contribution in [0.15, 0.2) is 58.1 Å². The van der Waals surface area contributed by atoms with Crippen LogP contribution >= 0.6 is 0 Å². The number of aromatic amines is 1. The molecule has 0 radical (unpaired) electrons. The van der Waals surface area contributed by atoms with E-state index >= 15 is 0 Å². The van der Waals surface area contributed by atoms with Crippen LogP contribution in [-0.2, 0) is 13.1 Å². The van der Waals surface area contributed by atoms with Crippen molar-refractivity contribution in [2.45, 2.75) is 25.9 Å². The van der Waals surface area contributed by atoms with Crippen LogP contribution in [0.3, 0.4) is 0 Å². The quantitative estimate of drug-likeness (QED) is 0.585. The number of piperazine rings is 1. The summed E-state index contributed by atoms with van der Waals surface area (Å²) in [6, 6.07) is 15.3. The van der Waals surface area contributed by atoms with E-state index in [-0.39, 0.29) is 5.75 Å². The van der Waals surface area contributed by atoms with Crippen LogP contribution in [0.25, 0.3) is 10.9 Å². The SMILES string of the molecule is O=c1[nH]c(=O)n(CCCCN2CCN(Cc3ccccc3)CC2)c2c(O)cccc12. The summed E-state index contributed by atoms with van der Waals surface area (Å²) in [7, 11) is 0. The molecule has 1 fully saturated rings. The number of nitrogens with one attached hydrogen (secondary N) is 1. The maximum atomic E-state index is 12.3. The summed E-state index contributed by atoms with van der Waals surface area (Å²) >= 11 is 0. The first kappa shape index (κ1) is 20.4. The summed E-state index contributed by atoms with van der Waals surface area (Å²) in [5.74, 6) is -0.0368. The average molecular weight is 409 g/mol. The van der Waals surface area contributed by atoms with E-state index in [0.717, 1.165) is 52.1 Å². The fourth-order valence-electron chi connectivity index (χ4n) is 4.16. The Balaban J connectivity index is 1.27. The van der Waals surface area contributed by atoms with Crippen molar-refractivity contribution in [1.82, 2.24) is 19.4 Å². The zero-order chi connectivity index (χ0) is 20.9.